The summed E-state index contributed by atoms with van der Waals surface area (Å²) in [7, 11) is 2.13. The molecule has 0 amide bonds. The second-order valence-electron chi connectivity index (χ2n) is 3.47. The molecule has 0 radical (unpaired) electrons. The molecule has 3 nitrogen and oxygen atoms in total. The molecule has 1 rings (SSSR count). The van der Waals surface area contributed by atoms with Gasteiger partial charge in [-0.2, -0.15) is 0 Å². The molecule has 1 aromatic rings. The van der Waals surface area contributed by atoms with Gasteiger partial charge in [-0.25, -0.2) is 4.98 Å². The second kappa shape index (κ2) is 6.11. The monoisotopic (exact) mass is 213 g/mol. The molecule has 0 fully saturated rings. The van der Waals surface area contributed by atoms with E-state index in [2.05, 4.69) is 34.6 Å². The molecular formula is C10H19N3S. The summed E-state index contributed by atoms with van der Waals surface area (Å²) in [6.07, 6.45) is 0. The van der Waals surface area contributed by atoms with Crippen LogP contribution in [0.1, 0.15) is 17.6 Å². The predicted octanol–water partition coefficient (Wildman–Crippen LogP) is 1.49. The van der Waals surface area contributed by atoms with E-state index < -0.39 is 0 Å². The molecular weight excluding hydrogens is 194 g/mol. The molecule has 0 aliphatic heterocycles. The molecule has 1 heterocycles. The summed E-state index contributed by atoms with van der Waals surface area (Å²) in [4.78, 5) is 6.73. The van der Waals surface area contributed by atoms with E-state index in [4.69, 9.17) is 0 Å². The average molecular weight is 213 g/mol. The Morgan fingerprint density at radius 1 is 1.57 bits per heavy atom. The predicted molar refractivity (Wildman–Crippen MR) is 61.7 cm³/mol. The fourth-order valence-electron chi connectivity index (χ4n) is 1.23. The van der Waals surface area contributed by atoms with Crippen molar-refractivity contribution in [3.05, 3.63) is 16.1 Å². The smallest absolute Gasteiger partial charge is 0.107 e. The highest BCUT2D eigenvalue weighted by Crippen LogP contribution is 2.10. The summed E-state index contributed by atoms with van der Waals surface area (Å²) < 4.78 is 0. The van der Waals surface area contributed by atoms with Gasteiger partial charge in [-0.15, -0.1) is 11.3 Å². The lowest BCUT2D eigenvalue weighted by Crippen LogP contribution is -2.28. The summed E-state index contributed by atoms with van der Waals surface area (Å²) in [5.74, 6) is 0. The van der Waals surface area contributed by atoms with Crippen LogP contribution in [0.25, 0.3) is 0 Å². The quantitative estimate of drug-likeness (QED) is 0.726. The molecule has 0 unspecified atom stereocenters. The van der Waals surface area contributed by atoms with E-state index in [0.717, 1.165) is 31.9 Å². The Labute approximate surface area is 90.2 Å². The lowest BCUT2D eigenvalue weighted by molar-refractivity contribution is 0.325. The lowest BCUT2D eigenvalue weighted by atomic mass is 10.5. The van der Waals surface area contributed by atoms with Crippen LogP contribution in [0.5, 0.6) is 0 Å². The maximum absolute atomic E-state index is 4.44. The number of likely N-dealkylation sites (N-methyl/N-ethyl adjacent to an activating group) is 2. The maximum atomic E-state index is 4.44. The number of aromatic nitrogens is 1. The van der Waals surface area contributed by atoms with Crippen LogP contribution in [-0.2, 0) is 6.54 Å². The summed E-state index contributed by atoms with van der Waals surface area (Å²) >= 11 is 1.74. The summed E-state index contributed by atoms with van der Waals surface area (Å²) in [6.45, 7) is 8.31. The van der Waals surface area contributed by atoms with Gasteiger partial charge in [0.2, 0.25) is 0 Å². The zero-order valence-electron chi connectivity index (χ0n) is 9.21. The van der Waals surface area contributed by atoms with E-state index in [1.165, 1.54) is 5.01 Å². The molecule has 0 spiro atoms. The van der Waals surface area contributed by atoms with Gasteiger partial charge in [-0.1, -0.05) is 6.92 Å². The summed E-state index contributed by atoms with van der Waals surface area (Å²) in [5, 5.41) is 6.63. The van der Waals surface area contributed by atoms with Gasteiger partial charge in [0.05, 0.1) is 6.54 Å². The Morgan fingerprint density at radius 2 is 2.36 bits per heavy atom. The van der Waals surface area contributed by atoms with Gasteiger partial charge < -0.3 is 5.32 Å². The molecule has 1 N–H and O–H groups in total. The topological polar surface area (TPSA) is 28.2 Å². The van der Waals surface area contributed by atoms with E-state index in [1.807, 2.05) is 6.92 Å². The molecule has 4 heteroatoms. The van der Waals surface area contributed by atoms with Gasteiger partial charge in [-0.05, 0) is 20.5 Å². The Kier molecular flexibility index (Phi) is 5.07. The van der Waals surface area contributed by atoms with Crippen molar-refractivity contribution in [1.82, 2.24) is 15.2 Å². The highest BCUT2D eigenvalue weighted by atomic mass is 32.1. The van der Waals surface area contributed by atoms with Crippen molar-refractivity contribution in [3.8, 4) is 0 Å². The van der Waals surface area contributed by atoms with Crippen LogP contribution >= 0.6 is 11.3 Å². The highest BCUT2D eigenvalue weighted by molar-refractivity contribution is 7.09. The van der Waals surface area contributed by atoms with E-state index in [0.29, 0.717) is 0 Å². The maximum Gasteiger partial charge on any atom is 0.107 e. The number of nitrogens with zero attached hydrogens (tertiary/aromatic N) is 2. The fraction of sp³-hybridized carbons (Fsp3) is 0.700. The average Bonchev–Trinajstić information content (AvgIpc) is 2.52. The van der Waals surface area contributed by atoms with Crippen molar-refractivity contribution < 1.29 is 0 Å². The Balaban J connectivity index is 2.23. The van der Waals surface area contributed by atoms with Crippen LogP contribution in [0.4, 0.5) is 0 Å². The SMILES string of the molecule is CCNCCN(C)Cc1nc(C)cs1. The number of thiazole rings is 1. The van der Waals surface area contributed by atoms with Crippen molar-refractivity contribution >= 4 is 11.3 Å². The standard InChI is InChI=1S/C10H19N3S/c1-4-11-5-6-13(3)7-10-12-9(2)8-14-10/h8,11H,4-7H2,1-3H3. The van der Waals surface area contributed by atoms with E-state index in [-0.39, 0.29) is 0 Å². The molecule has 80 valence electrons. The third kappa shape index (κ3) is 4.17. The molecule has 1 aromatic heterocycles. The van der Waals surface area contributed by atoms with Gasteiger partial charge >= 0.3 is 0 Å². The van der Waals surface area contributed by atoms with Crippen LogP contribution in [0, 0.1) is 6.92 Å². The molecule has 0 aliphatic carbocycles. The first-order valence-electron chi connectivity index (χ1n) is 5.02. The van der Waals surface area contributed by atoms with Crippen molar-refractivity contribution in [1.29, 1.82) is 0 Å². The van der Waals surface area contributed by atoms with Gasteiger partial charge in [-0.3, -0.25) is 4.90 Å². The summed E-state index contributed by atoms with van der Waals surface area (Å²) in [5.41, 5.74) is 1.13. The molecule has 14 heavy (non-hydrogen) atoms. The van der Waals surface area contributed by atoms with Crippen molar-refractivity contribution in [2.24, 2.45) is 0 Å². The first kappa shape index (κ1) is 11.6. The Morgan fingerprint density at radius 3 is 2.93 bits per heavy atom. The Bertz CT molecular complexity index is 260. The first-order chi connectivity index (χ1) is 6.72. The largest absolute Gasteiger partial charge is 0.316 e. The van der Waals surface area contributed by atoms with Gasteiger partial charge in [0.15, 0.2) is 0 Å². The minimum atomic E-state index is 0.962. The van der Waals surface area contributed by atoms with Crippen molar-refractivity contribution in [3.63, 3.8) is 0 Å². The number of aryl methyl sites for hydroxylation is 1. The zero-order chi connectivity index (χ0) is 10.4. The molecule has 0 saturated carbocycles. The van der Waals surface area contributed by atoms with Crippen LogP contribution < -0.4 is 5.32 Å². The normalized spacial score (nSPS) is 11.1. The number of rotatable bonds is 6. The van der Waals surface area contributed by atoms with Crippen LogP contribution in [0.3, 0.4) is 0 Å². The second-order valence-corrected chi connectivity index (χ2v) is 4.42. The summed E-state index contributed by atoms with van der Waals surface area (Å²) in [6, 6.07) is 0. The number of hydrogen-bond acceptors (Lipinski definition) is 4. The van der Waals surface area contributed by atoms with Crippen LogP contribution in [0.15, 0.2) is 5.38 Å². The zero-order valence-corrected chi connectivity index (χ0v) is 10.0. The Hall–Kier alpha value is -0.450. The van der Waals surface area contributed by atoms with E-state index in [1.54, 1.807) is 11.3 Å². The van der Waals surface area contributed by atoms with Crippen molar-refractivity contribution in [2.45, 2.75) is 20.4 Å². The first-order valence-corrected chi connectivity index (χ1v) is 5.90. The minimum absolute atomic E-state index is 0.962. The van der Waals surface area contributed by atoms with Gasteiger partial charge in [0.1, 0.15) is 5.01 Å². The highest BCUT2D eigenvalue weighted by Gasteiger charge is 2.02. The number of nitrogens with one attached hydrogen (secondary N) is 1. The van der Waals surface area contributed by atoms with E-state index >= 15 is 0 Å². The number of hydrogen-bond donors (Lipinski definition) is 1. The minimum Gasteiger partial charge on any atom is -0.316 e. The van der Waals surface area contributed by atoms with Crippen LogP contribution in [0.2, 0.25) is 0 Å². The molecule has 0 bridgehead atoms. The third-order valence-electron chi connectivity index (χ3n) is 1.99. The van der Waals surface area contributed by atoms with Crippen LogP contribution in [-0.4, -0.2) is 36.6 Å². The fourth-order valence-corrected chi connectivity index (χ4v) is 2.08. The van der Waals surface area contributed by atoms with E-state index in [9.17, 15) is 0 Å². The lowest BCUT2D eigenvalue weighted by Gasteiger charge is -2.14. The molecule has 0 atom stereocenters. The molecule has 0 aromatic carbocycles. The third-order valence-corrected chi connectivity index (χ3v) is 2.94. The van der Waals surface area contributed by atoms with Crippen molar-refractivity contribution in [2.75, 3.05) is 26.7 Å². The molecule has 0 aliphatic rings. The van der Waals surface area contributed by atoms with Gasteiger partial charge in [0, 0.05) is 24.2 Å². The molecule has 0 saturated heterocycles. The van der Waals surface area contributed by atoms with Gasteiger partial charge in [0.25, 0.3) is 0 Å².